The fourth-order valence-corrected chi connectivity index (χ4v) is 3.66. The molecule has 0 spiro atoms. The van der Waals surface area contributed by atoms with Crippen molar-refractivity contribution in [3.63, 3.8) is 0 Å². The lowest BCUT2D eigenvalue weighted by Crippen LogP contribution is -2.22. The van der Waals surface area contributed by atoms with Crippen LogP contribution >= 0.6 is 34.9 Å². The zero-order valence-corrected chi connectivity index (χ0v) is 13.9. The van der Waals surface area contributed by atoms with E-state index in [1.54, 1.807) is 6.07 Å². The summed E-state index contributed by atoms with van der Waals surface area (Å²) < 4.78 is 29.2. The SMILES string of the molecule is CN(C)S(=O)(=O)c1ccc(SCc2nnsc2Cl)nc1. The van der Waals surface area contributed by atoms with Crippen molar-refractivity contribution >= 4 is 44.9 Å². The maximum atomic E-state index is 11.9. The van der Waals surface area contributed by atoms with E-state index in [2.05, 4.69) is 14.6 Å². The van der Waals surface area contributed by atoms with Gasteiger partial charge in [0.2, 0.25) is 10.0 Å². The Hall–Kier alpha value is -0.740. The normalized spacial score (nSPS) is 12.0. The van der Waals surface area contributed by atoms with Crippen molar-refractivity contribution in [2.24, 2.45) is 0 Å². The summed E-state index contributed by atoms with van der Waals surface area (Å²) in [6.45, 7) is 0. The minimum Gasteiger partial charge on any atom is -0.249 e. The second-order valence-electron chi connectivity index (χ2n) is 3.90. The summed E-state index contributed by atoms with van der Waals surface area (Å²) >= 11 is 8.46. The number of nitrogens with zero attached hydrogens (tertiary/aromatic N) is 4. The highest BCUT2D eigenvalue weighted by Crippen LogP contribution is 2.26. The lowest BCUT2D eigenvalue weighted by Gasteiger charge is -2.10. The van der Waals surface area contributed by atoms with Gasteiger partial charge in [0.15, 0.2) is 0 Å². The number of hydrogen-bond donors (Lipinski definition) is 0. The third-order valence-corrected chi connectivity index (χ3v) is 6.09. The van der Waals surface area contributed by atoms with Crippen molar-refractivity contribution < 1.29 is 8.42 Å². The van der Waals surface area contributed by atoms with Crippen molar-refractivity contribution in [2.75, 3.05) is 14.1 Å². The molecule has 0 bridgehead atoms. The lowest BCUT2D eigenvalue weighted by molar-refractivity contribution is 0.520. The molecule has 0 fully saturated rings. The van der Waals surface area contributed by atoms with Crippen molar-refractivity contribution in [3.8, 4) is 0 Å². The molecule has 108 valence electrons. The molecule has 0 unspecified atom stereocenters. The molecule has 0 atom stereocenters. The van der Waals surface area contributed by atoms with Gasteiger partial charge in [-0.2, -0.15) is 0 Å². The monoisotopic (exact) mass is 350 g/mol. The first-order valence-electron chi connectivity index (χ1n) is 5.39. The Morgan fingerprint density at radius 3 is 2.65 bits per heavy atom. The molecule has 0 aromatic carbocycles. The average Bonchev–Trinajstić information content (AvgIpc) is 2.82. The zero-order chi connectivity index (χ0) is 14.8. The fourth-order valence-electron chi connectivity index (χ4n) is 1.24. The summed E-state index contributed by atoms with van der Waals surface area (Å²) in [4.78, 5) is 4.29. The van der Waals surface area contributed by atoms with E-state index >= 15 is 0 Å². The van der Waals surface area contributed by atoms with Crippen LogP contribution in [-0.2, 0) is 15.8 Å². The zero-order valence-electron chi connectivity index (χ0n) is 10.6. The number of hydrogen-bond acceptors (Lipinski definition) is 7. The third kappa shape index (κ3) is 3.47. The molecule has 0 saturated heterocycles. The molecule has 0 radical (unpaired) electrons. The van der Waals surface area contributed by atoms with Gasteiger partial charge in [0.25, 0.3) is 0 Å². The van der Waals surface area contributed by atoms with Crippen LogP contribution < -0.4 is 0 Å². The molecule has 0 amide bonds. The van der Waals surface area contributed by atoms with E-state index < -0.39 is 10.0 Å². The summed E-state index contributed by atoms with van der Waals surface area (Å²) in [7, 11) is -0.476. The lowest BCUT2D eigenvalue weighted by atomic mass is 10.5. The smallest absolute Gasteiger partial charge is 0.244 e. The van der Waals surface area contributed by atoms with Gasteiger partial charge in [-0.1, -0.05) is 27.9 Å². The standard InChI is InChI=1S/C10H11ClN4O2S3/c1-15(2)20(16,17)7-3-4-9(12-5-7)18-6-8-10(11)19-14-13-8/h3-5H,6H2,1-2H3. The number of thioether (sulfide) groups is 1. The largest absolute Gasteiger partial charge is 0.249 e. The van der Waals surface area contributed by atoms with E-state index in [0.717, 1.165) is 15.8 Å². The highest BCUT2D eigenvalue weighted by Gasteiger charge is 2.17. The first-order chi connectivity index (χ1) is 9.41. The molecular formula is C10H11ClN4O2S3. The molecule has 2 aromatic rings. The highest BCUT2D eigenvalue weighted by molar-refractivity contribution is 7.98. The minimum absolute atomic E-state index is 0.167. The Bertz CT molecular complexity index is 685. The molecule has 0 aliphatic heterocycles. The van der Waals surface area contributed by atoms with Gasteiger partial charge in [-0.25, -0.2) is 17.7 Å². The van der Waals surface area contributed by atoms with Gasteiger partial charge in [0.1, 0.15) is 14.9 Å². The van der Waals surface area contributed by atoms with Gasteiger partial charge >= 0.3 is 0 Å². The Labute approximate surface area is 130 Å². The van der Waals surface area contributed by atoms with Crippen LogP contribution in [-0.4, -0.2) is 41.4 Å². The summed E-state index contributed by atoms with van der Waals surface area (Å²) in [6.07, 6.45) is 1.35. The second-order valence-corrected chi connectivity index (χ2v) is 8.41. The topological polar surface area (TPSA) is 76.1 Å². The molecule has 2 aromatic heterocycles. The molecule has 2 rings (SSSR count). The molecule has 0 saturated carbocycles. The maximum absolute atomic E-state index is 11.9. The van der Waals surface area contributed by atoms with Crippen molar-refractivity contribution in [3.05, 3.63) is 28.4 Å². The van der Waals surface area contributed by atoms with Gasteiger partial charge < -0.3 is 0 Å². The number of pyridine rings is 1. The van der Waals surface area contributed by atoms with Crippen LogP contribution in [0.1, 0.15) is 5.69 Å². The quantitative estimate of drug-likeness (QED) is 0.769. The molecule has 0 aliphatic rings. The molecule has 2 heterocycles. The first-order valence-corrected chi connectivity index (χ1v) is 8.97. The molecule has 0 N–H and O–H groups in total. The van der Waals surface area contributed by atoms with Crippen molar-refractivity contribution in [2.45, 2.75) is 15.7 Å². The van der Waals surface area contributed by atoms with Crippen LogP contribution in [0.25, 0.3) is 0 Å². The van der Waals surface area contributed by atoms with Gasteiger partial charge in [0, 0.05) is 37.6 Å². The number of sulfonamides is 1. The van der Waals surface area contributed by atoms with E-state index in [9.17, 15) is 8.42 Å². The molecular weight excluding hydrogens is 340 g/mol. The van der Waals surface area contributed by atoms with E-state index in [4.69, 9.17) is 11.6 Å². The number of aromatic nitrogens is 3. The number of rotatable bonds is 5. The maximum Gasteiger partial charge on any atom is 0.244 e. The van der Waals surface area contributed by atoms with Gasteiger partial charge in [-0.15, -0.1) is 5.10 Å². The second kappa shape index (κ2) is 6.35. The van der Waals surface area contributed by atoms with Crippen LogP contribution in [0.4, 0.5) is 0 Å². The highest BCUT2D eigenvalue weighted by atomic mass is 35.5. The van der Waals surface area contributed by atoms with Crippen molar-refractivity contribution in [1.82, 2.24) is 18.9 Å². The molecule has 20 heavy (non-hydrogen) atoms. The fraction of sp³-hybridized carbons (Fsp3) is 0.300. The Morgan fingerprint density at radius 2 is 2.15 bits per heavy atom. The Morgan fingerprint density at radius 1 is 1.40 bits per heavy atom. The Kier molecular flexibility index (Phi) is 4.97. The van der Waals surface area contributed by atoms with Crippen LogP contribution in [0.3, 0.4) is 0 Å². The summed E-state index contributed by atoms with van der Waals surface area (Å²) in [5.41, 5.74) is 0.702. The first kappa shape index (κ1) is 15.6. The van der Waals surface area contributed by atoms with E-state index in [1.165, 1.54) is 38.1 Å². The predicted molar refractivity (Wildman–Crippen MR) is 79.6 cm³/mol. The number of halogens is 1. The van der Waals surface area contributed by atoms with Crippen LogP contribution in [0.5, 0.6) is 0 Å². The average molecular weight is 351 g/mol. The minimum atomic E-state index is -3.44. The van der Waals surface area contributed by atoms with Gasteiger partial charge in [-0.3, -0.25) is 0 Å². The van der Waals surface area contributed by atoms with E-state index in [-0.39, 0.29) is 4.90 Å². The predicted octanol–water partition coefficient (Wildman–Crippen LogP) is 2.13. The van der Waals surface area contributed by atoms with E-state index in [0.29, 0.717) is 20.8 Å². The summed E-state index contributed by atoms with van der Waals surface area (Å²) in [5.74, 6) is 0.544. The summed E-state index contributed by atoms with van der Waals surface area (Å²) in [5, 5.41) is 4.60. The van der Waals surface area contributed by atoms with Crippen LogP contribution in [0.15, 0.2) is 28.3 Å². The van der Waals surface area contributed by atoms with Gasteiger partial charge in [-0.05, 0) is 12.1 Å². The van der Waals surface area contributed by atoms with Crippen LogP contribution in [0, 0.1) is 0 Å². The van der Waals surface area contributed by atoms with Crippen molar-refractivity contribution in [1.29, 1.82) is 0 Å². The Balaban J connectivity index is 2.08. The van der Waals surface area contributed by atoms with E-state index in [1.807, 2.05) is 0 Å². The molecule has 10 heteroatoms. The molecule has 6 nitrogen and oxygen atoms in total. The third-order valence-electron chi connectivity index (χ3n) is 2.35. The summed E-state index contributed by atoms with van der Waals surface area (Å²) in [6, 6.07) is 3.19. The van der Waals surface area contributed by atoms with Crippen LogP contribution in [0.2, 0.25) is 4.34 Å². The molecule has 0 aliphatic carbocycles. The van der Waals surface area contributed by atoms with Gasteiger partial charge in [0.05, 0.1) is 5.03 Å².